The molecule has 0 saturated carbocycles. The summed E-state index contributed by atoms with van der Waals surface area (Å²) in [5.74, 6) is -0.484. The maximum absolute atomic E-state index is 12.0. The lowest BCUT2D eigenvalue weighted by Gasteiger charge is -2.18. The summed E-state index contributed by atoms with van der Waals surface area (Å²) in [7, 11) is 5.54. The van der Waals surface area contributed by atoms with E-state index < -0.39 is 37.1 Å². The maximum atomic E-state index is 12.0. The van der Waals surface area contributed by atoms with Crippen molar-refractivity contribution in [3.8, 4) is 46.0 Å². The van der Waals surface area contributed by atoms with Gasteiger partial charge in [-0.2, -0.15) is 0 Å². The quantitative estimate of drug-likeness (QED) is 0.00740. The molecule has 0 aliphatic heterocycles. The Labute approximate surface area is 477 Å². The first kappa shape index (κ1) is 63.8. The summed E-state index contributed by atoms with van der Waals surface area (Å²) in [5, 5.41) is 22.7. The minimum absolute atomic E-state index is 0.149. The zero-order valence-corrected chi connectivity index (χ0v) is 46.4. The van der Waals surface area contributed by atoms with Gasteiger partial charge >= 0.3 is 23.9 Å². The van der Waals surface area contributed by atoms with E-state index in [9.17, 15) is 33.9 Å². The van der Waals surface area contributed by atoms with Crippen LogP contribution in [0.4, 0.5) is 0 Å². The molecular weight excluding hydrogens is 1080 g/mol. The third-order valence-corrected chi connectivity index (χ3v) is 11.7. The highest BCUT2D eigenvalue weighted by atomic mass is 17.5. The molecule has 0 saturated heterocycles. The predicted octanol–water partition coefficient (Wildman–Crippen LogP) is 8.84. The Kier molecular flexibility index (Phi) is 25.3. The third kappa shape index (κ3) is 19.9. The zero-order valence-electron chi connectivity index (χ0n) is 46.4. The van der Waals surface area contributed by atoms with Gasteiger partial charge in [0.15, 0.2) is 56.2 Å². The average molecular weight is 1150 g/mol. The molecule has 22 nitrogen and oxygen atoms in total. The van der Waals surface area contributed by atoms with E-state index in [0.29, 0.717) is 78.1 Å². The second-order valence-electron chi connectivity index (χ2n) is 17.6. The van der Waals surface area contributed by atoms with Gasteiger partial charge in [-0.15, -0.1) is 4.89 Å². The first-order valence-corrected chi connectivity index (χ1v) is 25.0. The summed E-state index contributed by atoms with van der Waals surface area (Å²) in [5.41, 5.74) is 8.61. The highest BCUT2D eigenvalue weighted by Gasteiger charge is 2.20. The molecule has 2 N–H and O–H groups in total. The van der Waals surface area contributed by atoms with Crippen LogP contribution in [-0.2, 0) is 74.0 Å². The molecule has 22 heteroatoms. The summed E-state index contributed by atoms with van der Waals surface area (Å²) in [6.07, 6.45) is 4.93. The number of carboxylic acids is 2. The van der Waals surface area contributed by atoms with Crippen molar-refractivity contribution in [2.24, 2.45) is 0 Å². The molecule has 0 unspecified atom stereocenters. The van der Waals surface area contributed by atoms with Crippen LogP contribution in [0.25, 0.3) is 0 Å². The van der Waals surface area contributed by atoms with E-state index in [4.69, 9.17) is 52.8 Å². The fourth-order valence-electron chi connectivity index (χ4n) is 8.23. The number of aldehydes is 2. The van der Waals surface area contributed by atoms with E-state index in [2.05, 4.69) is 32.7 Å². The first-order chi connectivity index (χ1) is 40.0. The summed E-state index contributed by atoms with van der Waals surface area (Å²) >= 11 is 0. The van der Waals surface area contributed by atoms with Crippen LogP contribution >= 0.6 is 0 Å². The second kappa shape index (κ2) is 32.9. The maximum Gasteiger partial charge on any atom is 0.343 e. The van der Waals surface area contributed by atoms with Gasteiger partial charge in [-0.3, -0.25) is 14.5 Å². The molecule has 0 atom stereocenters. The van der Waals surface area contributed by atoms with Gasteiger partial charge in [-0.1, -0.05) is 72.8 Å². The zero-order chi connectivity index (χ0) is 60.3. The monoisotopic (exact) mass is 1150 g/mol. The Bertz CT molecular complexity index is 3240. The van der Waals surface area contributed by atoms with Crippen LogP contribution in [0.2, 0.25) is 0 Å². The van der Waals surface area contributed by atoms with Gasteiger partial charge in [-0.25, -0.2) is 19.2 Å². The van der Waals surface area contributed by atoms with E-state index in [1.165, 1.54) is 34.5 Å². The molecule has 0 bridgehead atoms. The SMILES string of the molecule is C=COOCOc1ccc(Cc2cc(C)cc(Cc3ccc(OCC(=O)OC)c(C=O)c3)c2OCC(=O)OC)cc1OC.C=COOOc1ccc(Cc2cc(C)cc(Cc3ccc(OCC(=O)O)c(C=O)c3)c2OCC(=O)O)cc1OC. The topological polar surface area (TPSA) is 272 Å². The number of hydrogen-bond acceptors (Lipinski definition) is 20. The summed E-state index contributed by atoms with van der Waals surface area (Å²) in [6, 6.07) is 28.2. The standard InChI is InChI=1S/C32H34O11.C29H28O11/c1-6-42-43-20-41-28-10-8-23(16-29(28)36-3)14-25-12-21(2)11-24(32(25)40-19-31(35)38-5)13-22-7-9-27(26(15-22)17-33)39-18-30(34)37-4;1-4-38-40-39-25-8-6-20(14-26(25)35-3)12-22-10-18(2)9-21(29(22)37-17-28(33)34)11-19-5-7-24(23(13-19)15-30)36-16-27(31)32/h6-12,15-17H,1,13-14,18-20H2,2-5H3;4-10,13-15H,1,11-12,16-17H2,2-3H3,(H,31,32)(H,33,34). The predicted molar refractivity (Wildman–Crippen MR) is 295 cm³/mol. The first-order valence-electron chi connectivity index (χ1n) is 25.0. The Morgan fingerprint density at radius 2 is 0.843 bits per heavy atom. The third-order valence-electron chi connectivity index (χ3n) is 11.7. The van der Waals surface area contributed by atoms with E-state index >= 15 is 0 Å². The number of benzene rings is 6. The number of aliphatic carboxylic acids is 2. The second-order valence-corrected chi connectivity index (χ2v) is 17.6. The van der Waals surface area contributed by atoms with E-state index in [1.54, 1.807) is 54.6 Å². The molecule has 0 aliphatic rings. The number of ether oxygens (including phenoxy) is 9. The number of esters is 2. The van der Waals surface area contributed by atoms with Gasteiger partial charge in [0.1, 0.15) is 35.5 Å². The molecule has 6 aromatic rings. The van der Waals surface area contributed by atoms with Crippen molar-refractivity contribution < 1.29 is 106 Å². The molecule has 438 valence electrons. The Balaban J connectivity index is 0.000000305. The van der Waals surface area contributed by atoms with Crippen LogP contribution in [0.5, 0.6) is 46.0 Å². The number of carbonyl (C=O) groups is 6. The minimum Gasteiger partial charge on any atom is -0.493 e. The average Bonchev–Trinajstić information content (AvgIpc) is 3.59. The van der Waals surface area contributed by atoms with Gasteiger partial charge in [-0.05, 0) is 107 Å². The number of aryl methyl sites for hydroxylation is 2. The molecule has 0 spiro atoms. The fraction of sp³-hybridized carbons (Fsp3) is 0.246. The molecule has 6 aromatic carbocycles. The van der Waals surface area contributed by atoms with Crippen molar-refractivity contribution >= 4 is 36.4 Å². The van der Waals surface area contributed by atoms with Gasteiger partial charge in [0.05, 0.1) is 39.6 Å². The number of carboxylic acid groups (broad SMARTS) is 2. The Morgan fingerprint density at radius 1 is 0.458 bits per heavy atom. The lowest BCUT2D eigenvalue weighted by atomic mass is 9.94. The van der Waals surface area contributed by atoms with Crippen molar-refractivity contribution in [1.29, 1.82) is 0 Å². The van der Waals surface area contributed by atoms with E-state index in [0.717, 1.165) is 57.0 Å². The summed E-state index contributed by atoms with van der Waals surface area (Å²) in [6.45, 7) is 8.69. The van der Waals surface area contributed by atoms with Crippen molar-refractivity contribution in [2.45, 2.75) is 39.5 Å². The smallest absolute Gasteiger partial charge is 0.343 e. The van der Waals surface area contributed by atoms with Gasteiger partial charge in [0.2, 0.25) is 12.5 Å². The van der Waals surface area contributed by atoms with E-state index in [1.807, 2.05) is 50.2 Å². The highest BCUT2D eigenvalue weighted by molar-refractivity contribution is 5.81. The fourth-order valence-corrected chi connectivity index (χ4v) is 8.23. The molecule has 0 aromatic heterocycles. The number of methoxy groups -OCH3 is 4. The molecule has 6 rings (SSSR count). The van der Waals surface area contributed by atoms with E-state index in [-0.39, 0.29) is 48.4 Å². The van der Waals surface area contributed by atoms with Crippen LogP contribution in [0.1, 0.15) is 76.4 Å². The van der Waals surface area contributed by atoms with Crippen LogP contribution in [-0.4, -0.2) is 108 Å². The molecule has 0 fully saturated rings. The molecular formula is C61H62O22. The number of carbonyl (C=O) groups excluding carboxylic acids is 4. The molecule has 0 amide bonds. The van der Waals surface area contributed by atoms with Crippen molar-refractivity contribution in [2.75, 3.05) is 61.7 Å². The lowest BCUT2D eigenvalue weighted by Crippen LogP contribution is -2.15. The lowest BCUT2D eigenvalue weighted by molar-refractivity contribution is -0.439. The van der Waals surface area contributed by atoms with Crippen molar-refractivity contribution in [3.63, 3.8) is 0 Å². The molecule has 0 radical (unpaired) electrons. The normalized spacial score (nSPS) is 10.3. The molecule has 83 heavy (non-hydrogen) atoms. The summed E-state index contributed by atoms with van der Waals surface area (Å²) < 4.78 is 48.2. The van der Waals surface area contributed by atoms with Crippen LogP contribution in [0, 0.1) is 13.8 Å². The van der Waals surface area contributed by atoms with Crippen LogP contribution in [0.15, 0.2) is 123 Å². The number of rotatable bonds is 33. The van der Waals surface area contributed by atoms with Crippen LogP contribution < -0.4 is 38.0 Å². The minimum atomic E-state index is -1.16. The summed E-state index contributed by atoms with van der Waals surface area (Å²) in [4.78, 5) is 88.1. The van der Waals surface area contributed by atoms with Gasteiger partial charge < -0.3 is 62.6 Å². The van der Waals surface area contributed by atoms with Crippen molar-refractivity contribution in [3.05, 3.63) is 190 Å². The van der Waals surface area contributed by atoms with Crippen LogP contribution in [0.3, 0.4) is 0 Å². The Hall–Kier alpha value is -10.1. The van der Waals surface area contributed by atoms with Gasteiger partial charge in [0.25, 0.3) is 0 Å². The largest absolute Gasteiger partial charge is 0.493 e. The van der Waals surface area contributed by atoms with Gasteiger partial charge in [0, 0.05) is 30.7 Å². The van der Waals surface area contributed by atoms with Crippen molar-refractivity contribution in [1.82, 2.24) is 0 Å². The molecule has 0 aliphatic carbocycles. The molecule has 0 heterocycles. The highest BCUT2D eigenvalue weighted by Crippen LogP contribution is 2.36. The Morgan fingerprint density at radius 3 is 1.27 bits per heavy atom. The number of hydrogen-bond donors (Lipinski definition) is 2.